The molecular formula is C12H18N2O5S. The van der Waals surface area contributed by atoms with Crippen molar-refractivity contribution in [1.82, 2.24) is 4.72 Å². The highest BCUT2D eigenvalue weighted by molar-refractivity contribution is 7.91. The van der Waals surface area contributed by atoms with Gasteiger partial charge in [-0.05, 0) is 38.0 Å². The Bertz CT molecular complexity index is 539. The first kappa shape index (κ1) is 16.3. The molecule has 20 heavy (non-hydrogen) atoms. The van der Waals surface area contributed by atoms with Crippen molar-refractivity contribution in [2.24, 2.45) is 0 Å². The number of aliphatic hydroxyl groups excluding tert-OH is 1. The number of aliphatic hydroxyl groups is 1. The van der Waals surface area contributed by atoms with Crippen LogP contribution in [-0.4, -0.2) is 32.3 Å². The van der Waals surface area contributed by atoms with E-state index in [4.69, 9.17) is 5.11 Å². The molecule has 0 bridgehead atoms. The molecule has 0 saturated carbocycles. The molecule has 0 unspecified atom stereocenters. The van der Waals surface area contributed by atoms with Crippen molar-refractivity contribution in [3.05, 3.63) is 29.8 Å². The Morgan fingerprint density at radius 2 is 1.90 bits per heavy atom. The number of rotatable bonds is 6. The largest absolute Gasteiger partial charge is 0.446 e. The summed E-state index contributed by atoms with van der Waals surface area (Å²) in [6.07, 6.45) is -0.959. The number of carbonyl (C=O) groups is 1. The van der Waals surface area contributed by atoms with Crippen molar-refractivity contribution in [3.63, 3.8) is 0 Å². The number of benzene rings is 1. The maximum Gasteiger partial charge on any atom is 0.422 e. The van der Waals surface area contributed by atoms with Gasteiger partial charge in [0.25, 0.3) is 0 Å². The summed E-state index contributed by atoms with van der Waals surface area (Å²) in [6, 6.07) is 6.44. The van der Waals surface area contributed by atoms with Crippen LogP contribution >= 0.6 is 0 Å². The van der Waals surface area contributed by atoms with E-state index in [2.05, 4.69) is 9.46 Å². The maximum atomic E-state index is 11.6. The van der Waals surface area contributed by atoms with E-state index in [0.29, 0.717) is 12.1 Å². The van der Waals surface area contributed by atoms with Gasteiger partial charge >= 0.3 is 16.3 Å². The number of anilines is 1. The third-order valence-electron chi connectivity index (χ3n) is 2.17. The molecule has 0 saturated heterocycles. The number of hydrogen-bond acceptors (Lipinski definition) is 5. The highest BCUT2D eigenvalue weighted by atomic mass is 32.2. The van der Waals surface area contributed by atoms with E-state index in [9.17, 15) is 13.2 Å². The monoisotopic (exact) mass is 302 g/mol. The van der Waals surface area contributed by atoms with Crippen LogP contribution in [0.15, 0.2) is 24.3 Å². The lowest BCUT2D eigenvalue weighted by atomic mass is 10.1. The van der Waals surface area contributed by atoms with Gasteiger partial charge in [0, 0.05) is 6.61 Å². The summed E-state index contributed by atoms with van der Waals surface area (Å²) in [5.74, 6) is 0. The van der Waals surface area contributed by atoms with E-state index >= 15 is 0 Å². The van der Waals surface area contributed by atoms with Gasteiger partial charge in [-0.3, -0.25) is 4.72 Å². The normalized spacial score (nSPS) is 11.2. The molecule has 1 aromatic rings. The van der Waals surface area contributed by atoms with Gasteiger partial charge in [0.15, 0.2) is 0 Å². The maximum absolute atomic E-state index is 11.6. The van der Waals surface area contributed by atoms with Gasteiger partial charge in [-0.25, -0.2) is 9.52 Å². The van der Waals surface area contributed by atoms with E-state index in [0.717, 1.165) is 5.56 Å². The zero-order chi connectivity index (χ0) is 15.2. The molecule has 3 N–H and O–H groups in total. The molecule has 7 nitrogen and oxygen atoms in total. The van der Waals surface area contributed by atoms with Crippen LogP contribution in [0, 0.1) is 0 Å². The molecule has 0 heterocycles. The smallest absolute Gasteiger partial charge is 0.422 e. The van der Waals surface area contributed by atoms with Crippen LogP contribution in [0.25, 0.3) is 0 Å². The number of hydrogen-bond donors (Lipinski definition) is 3. The Balaban J connectivity index is 2.64. The molecular weight excluding hydrogens is 284 g/mol. The Labute approximate surface area is 118 Å². The SMILES string of the molecule is CC(C)OC(=O)NS(=O)(=O)Nc1ccc(CCO)cc1. The fourth-order valence-corrected chi connectivity index (χ4v) is 2.16. The zero-order valence-electron chi connectivity index (χ0n) is 11.3. The van der Waals surface area contributed by atoms with Gasteiger partial charge in [-0.1, -0.05) is 12.1 Å². The van der Waals surface area contributed by atoms with Crippen molar-refractivity contribution in [2.45, 2.75) is 26.4 Å². The second-order valence-electron chi connectivity index (χ2n) is 4.33. The van der Waals surface area contributed by atoms with Crippen LogP contribution in [0.5, 0.6) is 0 Å². The first-order valence-electron chi connectivity index (χ1n) is 6.03. The molecule has 0 aromatic heterocycles. The predicted molar refractivity (Wildman–Crippen MR) is 74.5 cm³/mol. The Kier molecular flexibility index (Phi) is 5.78. The molecule has 0 aliphatic carbocycles. The summed E-state index contributed by atoms with van der Waals surface area (Å²) in [5, 5.41) is 8.77. The highest BCUT2D eigenvalue weighted by Crippen LogP contribution is 2.11. The molecule has 0 spiro atoms. The highest BCUT2D eigenvalue weighted by Gasteiger charge is 2.16. The lowest BCUT2D eigenvalue weighted by Crippen LogP contribution is -2.36. The van der Waals surface area contributed by atoms with Crippen molar-refractivity contribution in [1.29, 1.82) is 0 Å². The molecule has 0 aliphatic heterocycles. The summed E-state index contributed by atoms with van der Waals surface area (Å²) in [5.41, 5.74) is 1.18. The number of nitrogens with one attached hydrogen (secondary N) is 2. The molecule has 1 aromatic carbocycles. The van der Waals surface area contributed by atoms with Gasteiger partial charge in [0.05, 0.1) is 11.8 Å². The van der Waals surface area contributed by atoms with Crippen LogP contribution in [0.4, 0.5) is 10.5 Å². The molecule has 1 amide bonds. The van der Waals surface area contributed by atoms with E-state index in [1.807, 2.05) is 0 Å². The fraction of sp³-hybridized carbons (Fsp3) is 0.417. The summed E-state index contributed by atoms with van der Waals surface area (Å²) >= 11 is 0. The van der Waals surface area contributed by atoms with Crippen LogP contribution < -0.4 is 9.44 Å². The van der Waals surface area contributed by atoms with Crippen LogP contribution in [-0.2, 0) is 21.4 Å². The van der Waals surface area contributed by atoms with Crippen molar-refractivity contribution < 1.29 is 23.1 Å². The predicted octanol–water partition coefficient (Wildman–Crippen LogP) is 1.01. The minimum absolute atomic E-state index is 0.0215. The Morgan fingerprint density at radius 1 is 1.30 bits per heavy atom. The van der Waals surface area contributed by atoms with Gasteiger partial charge in [0.2, 0.25) is 0 Å². The average molecular weight is 302 g/mol. The second kappa shape index (κ2) is 7.11. The molecule has 0 fully saturated rings. The minimum atomic E-state index is -4.03. The summed E-state index contributed by atoms with van der Waals surface area (Å²) in [7, 11) is -4.03. The molecule has 8 heteroatoms. The lowest BCUT2D eigenvalue weighted by molar-refractivity contribution is 0.121. The molecule has 0 radical (unpaired) electrons. The van der Waals surface area contributed by atoms with E-state index < -0.39 is 22.4 Å². The molecule has 112 valence electrons. The first-order chi connectivity index (χ1) is 9.32. The number of amides is 1. The third kappa shape index (κ3) is 5.89. The van der Waals surface area contributed by atoms with Gasteiger partial charge < -0.3 is 9.84 Å². The third-order valence-corrected chi connectivity index (χ3v) is 3.11. The average Bonchev–Trinajstić information content (AvgIpc) is 2.29. The summed E-state index contributed by atoms with van der Waals surface area (Å²) in [6.45, 7) is 3.24. The zero-order valence-corrected chi connectivity index (χ0v) is 12.1. The van der Waals surface area contributed by atoms with Crippen LogP contribution in [0.1, 0.15) is 19.4 Å². The Morgan fingerprint density at radius 3 is 2.40 bits per heavy atom. The van der Waals surface area contributed by atoms with Crippen molar-refractivity contribution in [3.8, 4) is 0 Å². The first-order valence-corrected chi connectivity index (χ1v) is 7.51. The lowest BCUT2D eigenvalue weighted by Gasteiger charge is -2.11. The number of ether oxygens (including phenoxy) is 1. The van der Waals surface area contributed by atoms with Crippen molar-refractivity contribution in [2.75, 3.05) is 11.3 Å². The van der Waals surface area contributed by atoms with E-state index in [1.165, 1.54) is 12.1 Å². The summed E-state index contributed by atoms with van der Waals surface area (Å²) in [4.78, 5) is 11.2. The minimum Gasteiger partial charge on any atom is -0.446 e. The van der Waals surface area contributed by atoms with E-state index in [1.54, 1.807) is 30.7 Å². The van der Waals surface area contributed by atoms with Crippen LogP contribution in [0.2, 0.25) is 0 Å². The quantitative estimate of drug-likeness (QED) is 0.727. The van der Waals surface area contributed by atoms with E-state index in [-0.39, 0.29) is 6.61 Å². The summed E-state index contributed by atoms with van der Waals surface area (Å²) < 4.78 is 31.9. The number of carbonyl (C=O) groups excluding carboxylic acids is 1. The standard InChI is InChI=1S/C12H18N2O5S/c1-9(2)19-12(16)14-20(17,18)13-11-5-3-10(4-6-11)7-8-15/h3-6,9,13,15H,7-8H2,1-2H3,(H,14,16). The van der Waals surface area contributed by atoms with Gasteiger partial charge in [-0.15, -0.1) is 0 Å². The fourth-order valence-electron chi connectivity index (χ4n) is 1.40. The van der Waals surface area contributed by atoms with Gasteiger partial charge in [0.1, 0.15) is 0 Å². The molecule has 0 aliphatic rings. The topological polar surface area (TPSA) is 105 Å². The second-order valence-corrected chi connectivity index (χ2v) is 5.75. The van der Waals surface area contributed by atoms with Crippen LogP contribution in [0.3, 0.4) is 0 Å². The van der Waals surface area contributed by atoms with Crippen molar-refractivity contribution >= 4 is 22.0 Å². The Hall–Kier alpha value is -1.80. The molecule has 1 rings (SSSR count). The van der Waals surface area contributed by atoms with Gasteiger partial charge in [-0.2, -0.15) is 8.42 Å². The molecule has 0 atom stereocenters.